The number of halogens is 3. The van der Waals surface area contributed by atoms with Gasteiger partial charge in [0.15, 0.2) is 0 Å². The van der Waals surface area contributed by atoms with Crippen LogP contribution >= 0.6 is 0 Å². The van der Waals surface area contributed by atoms with E-state index < -0.39 is 24.3 Å². The summed E-state index contributed by atoms with van der Waals surface area (Å²) in [6, 6.07) is 4.24. The van der Waals surface area contributed by atoms with E-state index in [1.807, 2.05) is 0 Å². The van der Waals surface area contributed by atoms with E-state index in [4.69, 9.17) is 10.5 Å². The third-order valence-corrected chi connectivity index (χ3v) is 1.71. The molecule has 0 radical (unpaired) electrons. The van der Waals surface area contributed by atoms with Gasteiger partial charge in [-0.25, -0.2) is 0 Å². The fraction of sp³-hybridized carbons (Fsp3) is 0.143. The standard InChI is InChI=1S/C7H6BF3O4/c9-7(10,11)5-3-1-2-4-6(5)8(14-12)15-13/h1-4,12-13H. The van der Waals surface area contributed by atoms with Gasteiger partial charge in [-0.2, -0.15) is 13.2 Å². The summed E-state index contributed by atoms with van der Waals surface area (Å²) < 4.78 is 37.2. The Morgan fingerprint density at radius 3 is 2.07 bits per heavy atom. The van der Waals surface area contributed by atoms with Crippen molar-refractivity contribution in [3.05, 3.63) is 29.8 Å². The Hall–Kier alpha value is -1.09. The summed E-state index contributed by atoms with van der Waals surface area (Å²) in [6.07, 6.45) is -4.62. The van der Waals surface area contributed by atoms with Crippen molar-refractivity contribution in [3.63, 3.8) is 0 Å². The van der Waals surface area contributed by atoms with Crippen molar-refractivity contribution in [2.45, 2.75) is 6.18 Å². The molecule has 0 saturated heterocycles. The van der Waals surface area contributed by atoms with Crippen LogP contribution in [-0.4, -0.2) is 17.6 Å². The van der Waals surface area contributed by atoms with Crippen molar-refractivity contribution in [1.82, 2.24) is 0 Å². The molecule has 1 aromatic carbocycles. The van der Waals surface area contributed by atoms with E-state index >= 15 is 0 Å². The van der Waals surface area contributed by atoms with E-state index in [0.29, 0.717) is 0 Å². The van der Waals surface area contributed by atoms with Gasteiger partial charge in [0, 0.05) is 0 Å². The fourth-order valence-electron chi connectivity index (χ4n) is 1.09. The van der Waals surface area contributed by atoms with Gasteiger partial charge in [-0.3, -0.25) is 20.1 Å². The second-order valence-electron chi connectivity index (χ2n) is 2.63. The van der Waals surface area contributed by atoms with Gasteiger partial charge in [-0.15, -0.1) is 0 Å². The van der Waals surface area contributed by atoms with Gasteiger partial charge in [-0.1, -0.05) is 24.3 Å². The molecule has 0 aliphatic rings. The monoisotopic (exact) mass is 222 g/mol. The lowest BCUT2D eigenvalue weighted by Gasteiger charge is -2.13. The zero-order valence-corrected chi connectivity index (χ0v) is 7.23. The second kappa shape index (κ2) is 4.62. The molecule has 4 nitrogen and oxygen atoms in total. The van der Waals surface area contributed by atoms with Gasteiger partial charge in [0.1, 0.15) is 0 Å². The lowest BCUT2D eigenvalue weighted by molar-refractivity contribution is -0.222. The summed E-state index contributed by atoms with van der Waals surface area (Å²) in [5.74, 6) is 0. The number of rotatable bonds is 3. The Labute approximate surface area is 82.9 Å². The maximum absolute atomic E-state index is 12.4. The lowest BCUT2D eigenvalue weighted by Crippen LogP contribution is -2.39. The fourth-order valence-corrected chi connectivity index (χ4v) is 1.09. The maximum atomic E-state index is 12.4. The molecule has 0 amide bonds. The molecule has 82 valence electrons. The van der Waals surface area contributed by atoms with E-state index in [0.717, 1.165) is 18.2 Å². The van der Waals surface area contributed by atoms with Crippen LogP contribution in [0.4, 0.5) is 13.2 Å². The van der Waals surface area contributed by atoms with Crippen LogP contribution in [0.2, 0.25) is 0 Å². The average molecular weight is 222 g/mol. The Bertz CT molecular complexity index is 326. The Morgan fingerprint density at radius 2 is 1.60 bits per heavy atom. The largest absolute Gasteiger partial charge is 0.554 e. The first-order valence-corrected chi connectivity index (χ1v) is 3.77. The first-order chi connectivity index (χ1) is 7.00. The molecule has 0 atom stereocenters. The van der Waals surface area contributed by atoms with Crippen LogP contribution in [0.1, 0.15) is 5.56 Å². The third-order valence-electron chi connectivity index (χ3n) is 1.71. The molecule has 0 aromatic heterocycles. The van der Waals surface area contributed by atoms with Crippen molar-refractivity contribution in [1.29, 1.82) is 0 Å². The van der Waals surface area contributed by atoms with Crippen LogP contribution in [0.3, 0.4) is 0 Å². The highest BCUT2D eigenvalue weighted by atomic mass is 19.4. The maximum Gasteiger partial charge on any atom is 0.554 e. The van der Waals surface area contributed by atoms with E-state index in [1.165, 1.54) is 6.07 Å². The molecule has 0 bridgehead atoms. The van der Waals surface area contributed by atoms with E-state index in [-0.39, 0.29) is 0 Å². The van der Waals surface area contributed by atoms with Crippen molar-refractivity contribution in [3.8, 4) is 0 Å². The van der Waals surface area contributed by atoms with E-state index in [1.54, 1.807) is 0 Å². The normalized spacial score (nSPS) is 11.5. The minimum absolute atomic E-state index is 0.519. The van der Waals surface area contributed by atoms with Crippen LogP contribution in [-0.2, 0) is 15.8 Å². The highest BCUT2D eigenvalue weighted by molar-refractivity contribution is 6.61. The van der Waals surface area contributed by atoms with Crippen LogP contribution in [0.25, 0.3) is 0 Å². The van der Waals surface area contributed by atoms with E-state index in [2.05, 4.69) is 9.61 Å². The van der Waals surface area contributed by atoms with Crippen molar-refractivity contribution in [2.24, 2.45) is 0 Å². The number of hydrogen-bond acceptors (Lipinski definition) is 4. The summed E-state index contributed by atoms with van der Waals surface area (Å²) >= 11 is 0. The van der Waals surface area contributed by atoms with Gasteiger partial charge in [0.2, 0.25) is 0 Å². The zero-order valence-electron chi connectivity index (χ0n) is 7.23. The van der Waals surface area contributed by atoms with Gasteiger partial charge in [0.25, 0.3) is 0 Å². The molecular weight excluding hydrogens is 216 g/mol. The first kappa shape index (κ1) is 12.0. The second-order valence-corrected chi connectivity index (χ2v) is 2.63. The Kier molecular flexibility index (Phi) is 3.69. The number of alkyl halides is 3. The quantitative estimate of drug-likeness (QED) is 0.460. The predicted octanol–water partition coefficient (Wildman–Crippen LogP) is 1.38. The molecule has 0 unspecified atom stereocenters. The van der Waals surface area contributed by atoms with Crippen molar-refractivity contribution >= 4 is 12.6 Å². The molecule has 0 fully saturated rings. The zero-order chi connectivity index (χ0) is 11.5. The van der Waals surface area contributed by atoms with Gasteiger partial charge < -0.3 is 0 Å². The highest BCUT2D eigenvalue weighted by Crippen LogP contribution is 2.27. The van der Waals surface area contributed by atoms with Crippen molar-refractivity contribution in [2.75, 3.05) is 0 Å². The molecule has 0 saturated carbocycles. The lowest BCUT2D eigenvalue weighted by atomic mass is 9.76. The van der Waals surface area contributed by atoms with Gasteiger partial charge in [0.05, 0.1) is 5.56 Å². The van der Waals surface area contributed by atoms with E-state index in [9.17, 15) is 13.2 Å². The summed E-state index contributed by atoms with van der Waals surface area (Å²) in [5, 5.41) is 16.4. The first-order valence-electron chi connectivity index (χ1n) is 3.77. The predicted molar refractivity (Wildman–Crippen MR) is 44.3 cm³/mol. The summed E-state index contributed by atoms with van der Waals surface area (Å²) in [7, 11) is -1.89. The molecule has 1 rings (SSSR count). The molecule has 15 heavy (non-hydrogen) atoms. The highest BCUT2D eigenvalue weighted by Gasteiger charge is 2.38. The molecule has 0 spiro atoms. The molecule has 1 aromatic rings. The minimum atomic E-state index is -4.62. The summed E-state index contributed by atoms with van der Waals surface area (Å²) in [6.45, 7) is 0. The van der Waals surface area contributed by atoms with Crippen LogP contribution < -0.4 is 5.46 Å². The topological polar surface area (TPSA) is 58.9 Å². The van der Waals surface area contributed by atoms with Gasteiger partial charge in [-0.05, 0) is 5.46 Å². The molecule has 8 heteroatoms. The molecule has 0 aliphatic carbocycles. The van der Waals surface area contributed by atoms with Gasteiger partial charge >= 0.3 is 13.3 Å². The number of hydrogen-bond donors (Lipinski definition) is 2. The van der Waals surface area contributed by atoms with Crippen LogP contribution in [0, 0.1) is 0 Å². The SMILES string of the molecule is OOB(OO)c1ccccc1C(F)(F)F. The third kappa shape index (κ3) is 2.69. The van der Waals surface area contributed by atoms with Crippen molar-refractivity contribution < 1.29 is 33.3 Å². The average Bonchev–Trinajstić information content (AvgIpc) is 2.19. The summed E-state index contributed by atoms with van der Waals surface area (Å²) in [4.78, 5) is 7.10. The molecule has 0 aliphatic heterocycles. The number of benzene rings is 1. The smallest absolute Gasteiger partial charge is 0.264 e. The minimum Gasteiger partial charge on any atom is -0.264 e. The molecular formula is C7H6BF3O4. The Morgan fingerprint density at radius 1 is 1.07 bits per heavy atom. The van der Waals surface area contributed by atoms with Crippen LogP contribution in [0.5, 0.6) is 0 Å². The molecule has 2 N–H and O–H groups in total. The van der Waals surface area contributed by atoms with Crippen LogP contribution in [0.15, 0.2) is 24.3 Å². The Balaban J connectivity index is 3.17. The summed E-state index contributed by atoms with van der Waals surface area (Å²) in [5.41, 5.74) is -1.58. The molecule has 0 heterocycles.